The first-order chi connectivity index (χ1) is 18.0. The number of thiophene rings is 1. The topological polar surface area (TPSA) is 76.5 Å². The van der Waals surface area contributed by atoms with E-state index in [0.717, 1.165) is 40.9 Å². The second-order valence-electron chi connectivity index (χ2n) is 9.37. The molecule has 0 bridgehead atoms. The van der Waals surface area contributed by atoms with Gasteiger partial charge in [0.25, 0.3) is 5.91 Å². The number of hydrogen-bond acceptors (Lipinski definition) is 5. The fraction of sp³-hybridized carbons (Fsp3) is 0.276. The van der Waals surface area contributed by atoms with Crippen molar-refractivity contribution in [3.05, 3.63) is 88.2 Å². The van der Waals surface area contributed by atoms with Crippen LogP contribution >= 0.6 is 11.3 Å². The van der Waals surface area contributed by atoms with Crippen molar-refractivity contribution in [2.45, 2.75) is 32.8 Å². The van der Waals surface area contributed by atoms with Crippen LogP contribution in [0.3, 0.4) is 0 Å². The highest BCUT2D eigenvalue weighted by Gasteiger charge is 2.26. The lowest BCUT2D eigenvalue weighted by molar-refractivity contribution is -0.117. The molecule has 0 spiro atoms. The maximum absolute atomic E-state index is 13.3. The molecule has 1 atom stereocenters. The quantitative estimate of drug-likeness (QED) is 0.338. The molecule has 0 aliphatic carbocycles. The van der Waals surface area contributed by atoms with Gasteiger partial charge in [-0.05, 0) is 50.3 Å². The van der Waals surface area contributed by atoms with Crippen molar-refractivity contribution in [1.29, 1.82) is 0 Å². The molecule has 2 aromatic carbocycles. The van der Waals surface area contributed by atoms with Gasteiger partial charge in [-0.25, -0.2) is 4.98 Å². The highest BCUT2D eigenvalue weighted by atomic mass is 32.1. The van der Waals surface area contributed by atoms with E-state index in [1.807, 2.05) is 84.6 Å². The molecule has 37 heavy (non-hydrogen) atoms. The summed E-state index contributed by atoms with van der Waals surface area (Å²) < 4.78 is 7.63. The second kappa shape index (κ2) is 11.1. The zero-order chi connectivity index (χ0) is 25.8. The van der Waals surface area contributed by atoms with Crippen molar-refractivity contribution in [2.24, 2.45) is 0 Å². The van der Waals surface area contributed by atoms with Crippen LogP contribution < -0.4 is 5.32 Å². The molecule has 0 radical (unpaired) electrons. The van der Waals surface area contributed by atoms with Gasteiger partial charge < -0.3 is 9.64 Å². The Kier molecular flexibility index (Phi) is 7.48. The van der Waals surface area contributed by atoms with Gasteiger partial charge in [0.15, 0.2) is 0 Å². The van der Waals surface area contributed by atoms with Crippen molar-refractivity contribution in [1.82, 2.24) is 14.5 Å². The molecular formula is C29H30N4O3S. The molecule has 1 unspecified atom stereocenters. The lowest BCUT2D eigenvalue weighted by Crippen LogP contribution is -2.42. The number of carbonyl (C=O) groups is 2. The fourth-order valence-electron chi connectivity index (χ4n) is 4.38. The van der Waals surface area contributed by atoms with Gasteiger partial charge in [-0.2, -0.15) is 0 Å². The third-order valence-corrected chi connectivity index (χ3v) is 7.28. The molecule has 1 aliphatic heterocycles. The summed E-state index contributed by atoms with van der Waals surface area (Å²) in [6, 6.07) is 19.8. The van der Waals surface area contributed by atoms with Crippen molar-refractivity contribution >= 4 is 29.1 Å². The molecule has 5 rings (SSSR count). The average Bonchev–Trinajstić information content (AvgIpc) is 3.67. The molecule has 1 fully saturated rings. The summed E-state index contributed by atoms with van der Waals surface area (Å²) in [6.45, 7) is 5.06. The third-order valence-electron chi connectivity index (χ3n) is 6.42. The van der Waals surface area contributed by atoms with Gasteiger partial charge in [0, 0.05) is 30.6 Å². The Morgan fingerprint density at radius 3 is 2.46 bits per heavy atom. The summed E-state index contributed by atoms with van der Waals surface area (Å²) >= 11 is 1.37. The number of imidazole rings is 1. The van der Waals surface area contributed by atoms with Gasteiger partial charge in [-0.3, -0.25) is 19.5 Å². The molecule has 8 heteroatoms. The third kappa shape index (κ3) is 5.98. The number of anilines is 1. The number of ether oxygens (including phenoxy) is 1. The number of aryl methyl sites for hydroxylation is 2. The number of nitrogens with zero attached hydrogens (tertiary/aromatic N) is 3. The van der Waals surface area contributed by atoms with Crippen LogP contribution in [0.2, 0.25) is 0 Å². The molecule has 4 aromatic rings. The van der Waals surface area contributed by atoms with E-state index in [2.05, 4.69) is 5.32 Å². The van der Waals surface area contributed by atoms with Crippen LogP contribution in [0, 0.1) is 13.8 Å². The summed E-state index contributed by atoms with van der Waals surface area (Å²) in [5, 5.41) is 4.83. The maximum Gasteiger partial charge on any atom is 0.264 e. The molecule has 2 amide bonds. The smallest absolute Gasteiger partial charge is 0.264 e. The molecule has 1 N–H and O–H groups in total. The predicted octanol–water partition coefficient (Wildman–Crippen LogP) is 5.48. The molecular weight excluding hydrogens is 484 g/mol. The highest BCUT2D eigenvalue weighted by Crippen LogP contribution is 2.25. The number of carbonyl (C=O) groups excluding carboxylic acids is 2. The monoisotopic (exact) mass is 514 g/mol. The van der Waals surface area contributed by atoms with Crippen molar-refractivity contribution in [2.75, 3.05) is 25.0 Å². The largest absolute Gasteiger partial charge is 0.376 e. The van der Waals surface area contributed by atoms with E-state index in [0.29, 0.717) is 24.0 Å². The molecule has 3 heterocycles. The van der Waals surface area contributed by atoms with Gasteiger partial charge in [0.1, 0.15) is 6.54 Å². The van der Waals surface area contributed by atoms with E-state index < -0.39 is 0 Å². The molecule has 2 aromatic heterocycles. The van der Waals surface area contributed by atoms with Crippen LogP contribution in [0.25, 0.3) is 16.9 Å². The normalized spacial score (nSPS) is 15.0. The van der Waals surface area contributed by atoms with E-state index in [1.165, 1.54) is 11.3 Å². The van der Waals surface area contributed by atoms with Crippen LogP contribution in [-0.4, -0.2) is 52.1 Å². The van der Waals surface area contributed by atoms with E-state index in [-0.39, 0.29) is 24.5 Å². The number of aromatic nitrogens is 2. The van der Waals surface area contributed by atoms with E-state index >= 15 is 0 Å². The van der Waals surface area contributed by atoms with E-state index in [9.17, 15) is 9.59 Å². The maximum atomic E-state index is 13.3. The zero-order valence-electron chi connectivity index (χ0n) is 21.0. The Hall–Kier alpha value is -3.75. The SMILES string of the molecule is Cc1ccc(-c2cn(-c3ccc(C)cc3)c(NC(=O)CN(CC3CCCO3)C(=O)c3cccs3)n2)cc1. The first kappa shape index (κ1) is 24.9. The Labute approximate surface area is 220 Å². The highest BCUT2D eigenvalue weighted by molar-refractivity contribution is 7.12. The van der Waals surface area contributed by atoms with Crippen molar-refractivity contribution in [3.8, 4) is 16.9 Å². The molecule has 0 saturated carbocycles. The minimum atomic E-state index is -0.308. The average molecular weight is 515 g/mol. The van der Waals surface area contributed by atoms with Gasteiger partial charge in [0.2, 0.25) is 11.9 Å². The van der Waals surface area contributed by atoms with Gasteiger partial charge in [-0.15, -0.1) is 11.3 Å². The summed E-state index contributed by atoms with van der Waals surface area (Å²) in [4.78, 5) is 33.4. The number of rotatable bonds is 8. The number of hydrogen-bond donors (Lipinski definition) is 1. The van der Waals surface area contributed by atoms with E-state index in [4.69, 9.17) is 9.72 Å². The Balaban J connectivity index is 1.40. The number of amides is 2. The van der Waals surface area contributed by atoms with E-state index in [1.54, 1.807) is 11.0 Å². The van der Waals surface area contributed by atoms with Crippen LogP contribution in [0.5, 0.6) is 0 Å². The molecule has 1 aliphatic rings. The number of nitrogens with one attached hydrogen (secondary N) is 1. The lowest BCUT2D eigenvalue weighted by atomic mass is 10.1. The zero-order valence-corrected chi connectivity index (χ0v) is 21.8. The molecule has 7 nitrogen and oxygen atoms in total. The van der Waals surface area contributed by atoms with Gasteiger partial charge in [0.05, 0.1) is 16.7 Å². The van der Waals surface area contributed by atoms with Gasteiger partial charge >= 0.3 is 0 Å². The lowest BCUT2D eigenvalue weighted by Gasteiger charge is -2.24. The Morgan fingerprint density at radius 2 is 1.81 bits per heavy atom. The Bertz CT molecular complexity index is 1360. The van der Waals surface area contributed by atoms with Crippen molar-refractivity contribution < 1.29 is 14.3 Å². The fourth-order valence-corrected chi connectivity index (χ4v) is 5.07. The first-order valence-corrected chi connectivity index (χ1v) is 13.3. The minimum absolute atomic E-state index is 0.0561. The molecule has 190 valence electrons. The van der Waals surface area contributed by atoms with Crippen LogP contribution in [0.4, 0.5) is 5.95 Å². The van der Waals surface area contributed by atoms with Crippen LogP contribution in [-0.2, 0) is 9.53 Å². The van der Waals surface area contributed by atoms with Gasteiger partial charge in [-0.1, -0.05) is 53.6 Å². The van der Waals surface area contributed by atoms with Crippen molar-refractivity contribution in [3.63, 3.8) is 0 Å². The standard InChI is InChI=1S/C29H30N4O3S/c1-20-7-11-22(12-8-20)25-18-33(23-13-9-21(2)10-14-23)29(30-25)31-27(34)19-32(17-24-5-3-15-36-24)28(35)26-6-4-16-37-26/h4,6-14,16,18,24H,3,5,15,17,19H2,1-2H3,(H,30,31,34). The van der Waals surface area contributed by atoms with Crippen LogP contribution in [0.15, 0.2) is 72.2 Å². The predicted molar refractivity (Wildman–Crippen MR) is 146 cm³/mol. The summed E-state index contributed by atoms with van der Waals surface area (Å²) in [5.74, 6) is -0.0646. The van der Waals surface area contributed by atoms with Crippen LogP contribution in [0.1, 0.15) is 33.6 Å². The summed E-state index contributed by atoms with van der Waals surface area (Å²) in [7, 11) is 0. The second-order valence-corrected chi connectivity index (χ2v) is 10.3. The summed E-state index contributed by atoms with van der Waals surface area (Å²) in [6.07, 6.45) is 3.71. The Morgan fingerprint density at radius 1 is 1.08 bits per heavy atom. The minimum Gasteiger partial charge on any atom is -0.376 e. The number of benzene rings is 2. The summed E-state index contributed by atoms with van der Waals surface area (Å²) in [5.41, 5.74) is 4.90. The molecule has 1 saturated heterocycles. The first-order valence-electron chi connectivity index (χ1n) is 12.4.